The summed E-state index contributed by atoms with van der Waals surface area (Å²) in [6.07, 6.45) is 6.61. The highest BCUT2D eigenvalue weighted by molar-refractivity contribution is 5.76. The lowest BCUT2D eigenvalue weighted by Gasteiger charge is -2.31. The molecule has 0 radical (unpaired) electrons. The molecule has 0 bridgehead atoms. The van der Waals surface area contributed by atoms with Crippen LogP contribution < -0.4 is 5.32 Å². The van der Waals surface area contributed by atoms with E-state index < -0.39 is 11.9 Å². The van der Waals surface area contributed by atoms with Gasteiger partial charge < -0.3 is 19.9 Å². The fraction of sp³-hybridized carbons (Fsp3) is 0.615. The van der Waals surface area contributed by atoms with E-state index in [0.717, 1.165) is 6.42 Å². The Morgan fingerprint density at radius 2 is 2.35 bits per heavy atom. The second-order valence-corrected chi connectivity index (χ2v) is 5.23. The van der Waals surface area contributed by atoms with E-state index in [2.05, 4.69) is 10.3 Å². The van der Waals surface area contributed by atoms with Crippen LogP contribution in [-0.2, 0) is 11.3 Å². The van der Waals surface area contributed by atoms with E-state index in [1.54, 1.807) is 17.4 Å². The lowest BCUT2D eigenvalue weighted by Crippen LogP contribution is -2.49. The highest BCUT2D eigenvalue weighted by Crippen LogP contribution is 2.16. The van der Waals surface area contributed by atoms with Crippen molar-refractivity contribution in [3.8, 4) is 0 Å². The number of carboxylic acid groups (broad SMARTS) is 1. The van der Waals surface area contributed by atoms with Gasteiger partial charge in [-0.15, -0.1) is 0 Å². The maximum atomic E-state index is 12.1. The summed E-state index contributed by atoms with van der Waals surface area (Å²) < 4.78 is 1.89. The summed E-state index contributed by atoms with van der Waals surface area (Å²) in [6, 6.07) is -0.231. The fourth-order valence-electron chi connectivity index (χ4n) is 2.42. The molecule has 7 heteroatoms. The van der Waals surface area contributed by atoms with Gasteiger partial charge in [0.2, 0.25) is 0 Å². The molecule has 1 aliphatic heterocycles. The second-order valence-electron chi connectivity index (χ2n) is 5.23. The van der Waals surface area contributed by atoms with Crippen LogP contribution in [0.5, 0.6) is 0 Å². The van der Waals surface area contributed by atoms with E-state index in [4.69, 9.17) is 5.11 Å². The zero-order chi connectivity index (χ0) is 14.5. The molecule has 0 spiro atoms. The number of hydrogen-bond donors (Lipinski definition) is 2. The zero-order valence-corrected chi connectivity index (χ0v) is 11.5. The molecule has 2 atom stereocenters. The van der Waals surface area contributed by atoms with Gasteiger partial charge in [0.1, 0.15) is 0 Å². The number of carboxylic acids is 1. The molecular weight excluding hydrogens is 260 g/mol. The Morgan fingerprint density at radius 3 is 3.00 bits per heavy atom. The van der Waals surface area contributed by atoms with Gasteiger partial charge in [0.05, 0.1) is 12.2 Å². The molecule has 20 heavy (non-hydrogen) atoms. The van der Waals surface area contributed by atoms with Crippen LogP contribution in [0, 0.1) is 5.92 Å². The summed E-state index contributed by atoms with van der Waals surface area (Å²) in [5, 5.41) is 11.9. The Balaban J connectivity index is 1.83. The van der Waals surface area contributed by atoms with Crippen molar-refractivity contribution < 1.29 is 14.7 Å². The van der Waals surface area contributed by atoms with Crippen molar-refractivity contribution in [2.24, 2.45) is 5.92 Å². The number of rotatable bonds is 4. The summed E-state index contributed by atoms with van der Waals surface area (Å²) in [5.41, 5.74) is 0. The second kappa shape index (κ2) is 6.40. The third-order valence-corrected chi connectivity index (χ3v) is 3.47. The third-order valence-electron chi connectivity index (χ3n) is 3.47. The monoisotopic (exact) mass is 280 g/mol. The average Bonchev–Trinajstić information content (AvgIpc) is 2.91. The van der Waals surface area contributed by atoms with Gasteiger partial charge in [0.25, 0.3) is 0 Å². The van der Waals surface area contributed by atoms with E-state index >= 15 is 0 Å². The Kier molecular flexibility index (Phi) is 4.60. The van der Waals surface area contributed by atoms with Gasteiger partial charge in [-0.25, -0.2) is 9.78 Å². The number of hydrogen-bond acceptors (Lipinski definition) is 3. The van der Waals surface area contributed by atoms with Gasteiger partial charge in [-0.05, 0) is 19.8 Å². The molecule has 1 aliphatic rings. The minimum absolute atomic E-state index is 0.0399. The molecule has 0 aromatic carbocycles. The summed E-state index contributed by atoms with van der Waals surface area (Å²) in [4.78, 5) is 28.6. The van der Waals surface area contributed by atoms with Gasteiger partial charge >= 0.3 is 12.0 Å². The Hall–Kier alpha value is -2.05. The first-order valence-corrected chi connectivity index (χ1v) is 6.80. The van der Waals surface area contributed by atoms with Crippen LogP contribution >= 0.6 is 0 Å². The number of carbonyl (C=O) groups excluding carboxylic acids is 1. The summed E-state index contributed by atoms with van der Waals surface area (Å²) in [5.74, 6) is -1.27. The SMILES string of the molecule is CC(Cn1ccnc1)NC(=O)N1CCCC(C(=O)O)C1. The normalized spacial score (nSPS) is 20.4. The molecule has 2 unspecified atom stereocenters. The number of urea groups is 1. The van der Waals surface area contributed by atoms with Crippen LogP contribution in [0.4, 0.5) is 4.79 Å². The van der Waals surface area contributed by atoms with Crippen LogP contribution in [-0.4, -0.2) is 50.7 Å². The molecule has 1 aromatic heterocycles. The maximum Gasteiger partial charge on any atom is 0.317 e. The third kappa shape index (κ3) is 3.72. The van der Waals surface area contributed by atoms with E-state index in [9.17, 15) is 9.59 Å². The van der Waals surface area contributed by atoms with E-state index in [0.29, 0.717) is 26.1 Å². The van der Waals surface area contributed by atoms with E-state index in [-0.39, 0.29) is 12.1 Å². The number of likely N-dealkylation sites (tertiary alicyclic amines) is 1. The first-order valence-electron chi connectivity index (χ1n) is 6.80. The predicted molar refractivity (Wildman–Crippen MR) is 72.2 cm³/mol. The summed E-state index contributed by atoms with van der Waals surface area (Å²) >= 11 is 0. The quantitative estimate of drug-likeness (QED) is 0.853. The van der Waals surface area contributed by atoms with Gasteiger partial charge in [0, 0.05) is 38.1 Å². The predicted octanol–water partition coefficient (Wildman–Crippen LogP) is 0.778. The summed E-state index contributed by atoms with van der Waals surface area (Å²) in [6.45, 7) is 3.46. The highest BCUT2D eigenvalue weighted by Gasteiger charge is 2.28. The van der Waals surface area contributed by atoms with Crippen LogP contribution in [0.25, 0.3) is 0 Å². The smallest absolute Gasteiger partial charge is 0.317 e. The van der Waals surface area contributed by atoms with Gasteiger partial charge in [0.15, 0.2) is 0 Å². The van der Waals surface area contributed by atoms with E-state index in [1.807, 2.05) is 17.7 Å². The molecule has 0 aliphatic carbocycles. The standard InChI is InChI=1S/C13H20N4O3/c1-10(7-16-6-4-14-9-16)15-13(20)17-5-2-3-11(8-17)12(18)19/h4,6,9-11H,2-3,5,7-8H2,1H3,(H,15,20)(H,18,19). The number of amides is 2. The van der Waals surface area contributed by atoms with Crippen molar-refractivity contribution in [2.45, 2.75) is 32.4 Å². The van der Waals surface area contributed by atoms with Crippen LogP contribution in [0.3, 0.4) is 0 Å². The molecule has 1 fully saturated rings. The molecule has 1 saturated heterocycles. The largest absolute Gasteiger partial charge is 0.481 e. The van der Waals surface area contributed by atoms with Gasteiger partial charge in [-0.2, -0.15) is 0 Å². The number of piperidine rings is 1. The van der Waals surface area contributed by atoms with Crippen LogP contribution in [0.1, 0.15) is 19.8 Å². The number of nitrogens with zero attached hydrogens (tertiary/aromatic N) is 3. The van der Waals surface area contributed by atoms with Crippen molar-refractivity contribution in [1.29, 1.82) is 0 Å². The molecule has 7 nitrogen and oxygen atoms in total. The van der Waals surface area contributed by atoms with Crippen molar-refractivity contribution in [2.75, 3.05) is 13.1 Å². The van der Waals surface area contributed by atoms with Crippen LogP contribution in [0.2, 0.25) is 0 Å². The number of nitrogens with one attached hydrogen (secondary N) is 1. The number of aromatic nitrogens is 2. The lowest BCUT2D eigenvalue weighted by molar-refractivity contribution is -0.143. The molecule has 2 N–H and O–H groups in total. The Labute approximate surface area is 117 Å². The average molecular weight is 280 g/mol. The first kappa shape index (κ1) is 14.4. The van der Waals surface area contributed by atoms with Crippen LogP contribution in [0.15, 0.2) is 18.7 Å². The zero-order valence-electron chi connectivity index (χ0n) is 11.5. The van der Waals surface area contributed by atoms with Crippen molar-refractivity contribution in [1.82, 2.24) is 19.8 Å². The Bertz CT molecular complexity index is 460. The fourth-order valence-corrected chi connectivity index (χ4v) is 2.42. The van der Waals surface area contributed by atoms with Gasteiger partial charge in [-0.1, -0.05) is 0 Å². The van der Waals surface area contributed by atoms with Crippen molar-refractivity contribution in [3.63, 3.8) is 0 Å². The first-order chi connectivity index (χ1) is 9.56. The highest BCUT2D eigenvalue weighted by atomic mass is 16.4. The maximum absolute atomic E-state index is 12.1. The molecule has 2 rings (SSSR count). The van der Waals surface area contributed by atoms with Crippen molar-refractivity contribution in [3.05, 3.63) is 18.7 Å². The molecule has 2 amide bonds. The molecule has 1 aromatic rings. The van der Waals surface area contributed by atoms with Crippen molar-refractivity contribution >= 4 is 12.0 Å². The molecule has 0 saturated carbocycles. The topological polar surface area (TPSA) is 87.5 Å². The number of carbonyl (C=O) groups is 2. The minimum Gasteiger partial charge on any atom is -0.481 e. The number of aliphatic carboxylic acids is 1. The minimum atomic E-state index is -0.825. The summed E-state index contributed by atoms with van der Waals surface area (Å²) in [7, 11) is 0. The Morgan fingerprint density at radius 1 is 1.55 bits per heavy atom. The molecule has 2 heterocycles. The molecular formula is C13H20N4O3. The molecule has 110 valence electrons. The van der Waals surface area contributed by atoms with Gasteiger partial charge in [-0.3, -0.25) is 4.79 Å². The number of imidazole rings is 1. The lowest BCUT2D eigenvalue weighted by atomic mass is 9.99. The van der Waals surface area contributed by atoms with E-state index in [1.165, 1.54) is 0 Å².